The maximum atomic E-state index is 12.9. The van der Waals surface area contributed by atoms with Crippen molar-refractivity contribution in [1.82, 2.24) is 0 Å². The molecule has 3 rings (SSSR count). The molecule has 0 saturated heterocycles. The number of benzene rings is 2. The summed E-state index contributed by atoms with van der Waals surface area (Å²) < 4.78 is 5.98. The Morgan fingerprint density at radius 2 is 1.91 bits per heavy atom. The molecular weight excluding hydrogens is 286 g/mol. The van der Waals surface area contributed by atoms with Crippen LogP contribution in [0.4, 0.5) is 5.69 Å². The van der Waals surface area contributed by atoms with Crippen LogP contribution in [0, 0.1) is 0 Å². The molecule has 0 bridgehead atoms. The predicted molar refractivity (Wildman–Crippen MR) is 93.0 cm³/mol. The van der Waals surface area contributed by atoms with Gasteiger partial charge in [-0.15, -0.1) is 0 Å². The van der Waals surface area contributed by atoms with Crippen LogP contribution in [-0.4, -0.2) is 18.1 Å². The number of amides is 1. The van der Waals surface area contributed by atoms with Gasteiger partial charge in [-0.2, -0.15) is 0 Å². The highest BCUT2D eigenvalue weighted by atomic mass is 16.5. The lowest BCUT2D eigenvalue weighted by Gasteiger charge is -2.26. The average Bonchev–Trinajstić information content (AvgIpc) is 2.90. The van der Waals surface area contributed by atoms with Gasteiger partial charge in [-0.1, -0.05) is 43.3 Å². The minimum absolute atomic E-state index is 0.0216. The maximum Gasteiger partial charge on any atom is 0.268 e. The van der Waals surface area contributed by atoms with Crippen LogP contribution < -0.4 is 9.64 Å². The monoisotopic (exact) mass is 309 g/mol. The van der Waals surface area contributed by atoms with Crippen LogP contribution in [0.25, 0.3) is 0 Å². The second-order valence-corrected chi connectivity index (χ2v) is 6.11. The average molecular weight is 309 g/mol. The minimum atomic E-state index is -0.503. The van der Waals surface area contributed by atoms with E-state index < -0.39 is 6.10 Å². The van der Waals surface area contributed by atoms with E-state index >= 15 is 0 Å². The zero-order chi connectivity index (χ0) is 16.4. The van der Waals surface area contributed by atoms with E-state index in [9.17, 15) is 4.79 Å². The Morgan fingerprint density at radius 1 is 1.22 bits per heavy atom. The number of carbonyl (C=O) groups excluding carboxylic acids is 1. The molecule has 0 fully saturated rings. The summed E-state index contributed by atoms with van der Waals surface area (Å²) >= 11 is 0. The third-order valence-corrected chi connectivity index (χ3v) is 4.45. The number of carbonyl (C=O) groups is 1. The van der Waals surface area contributed by atoms with Crippen molar-refractivity contribution in [3.05, 3.63) is 59.7 Å². The SMILES string of the molecule is CCc1ccccc1O[C@@H](C)C(=O)N1c2ccccc2C[C@@H]1C. The Labute approximate surface area is 137 Å². The van der Waals surface area contributed by atoms with E-state index in [-0.39, 0.29) is 11.9 Å². The van der Waals surface area contributed by atoms with Gasteiger partial charge >= 0.3 is 0 Å². The summed E-state index contributed by atoms with van der Waals surface area (Å²) in [4.78, 5) is 14.8. The zero-order valence-electron chi connectivity index (χ0n) is 14.0. The fourth-order valence-electron chi connectivity index (χ4n) is 3.25. The molecule has 2 aromatic carbocycles. The zero-order valence-corrected chi connectivity index (χ0v) is 14.0. The molecule has 0 radical (unpaired) electrons. The topological polar surface area (TPSA) is 29.5 Å². The van der Waals surface area contributed by atoms with Crippen LogP contribution >= 0.6 is 0 Å². The van der Waals surface area contributed by atoms with E-state index in [1.165, 1.54) is 5.56 Å². The highest BCUT2D eigenvalue weighted by molar-refractivity contribution is 5.99. The molecule has 3 heteroatoms. The Hall–Kier alpha value is -2.29. The van der Waals surface area contributed by atoms with Crippen LogP contribution in [0.15, 0.2) is 48.5 Å². The number of ether oxygens (including phenoxy) is 1. The number of para-hydroxylation sites is 2. The van der Waals surface area contributed by atoms with Gasteiger partial charge in [0.1, 0.15) is 5.75 Å². The summed E-state index contributed by atoms with van der Waals surface area (Å²) in [6.07, 6.45) is 1.29. The Balaban J connectivity index is 1.80. The van der Waals surface area contributed by atoms with Crippen molar-refractivity contribution in [3.8, 4) is 5.75 Å². The van der Waals surface area contributed by atoms with Crippen molar-refractivity contribution in [2.45, 2.75) is 45.8 Å². The molecule has 120 valence electrons. The van der Waals surface area contributed by atoms with E-state index in [1.807, 2.05) is 54.3 Å². The molecule has 1 aliphatic rings. The number of hydrogen-bond donors (Lipinski definition) is 0. The Morgan fingerprint density at radius 3 is 2.70 bits per heavy atom. The van der Waals surface area contributed by atoms with Gasteiger partial charge in [-0.25, -0.2) is 0 Å². The molecule has 0 aromatic heterocycles. The fraction of sp³-hybridized carbons (Fsp3) is 0.350. The first-order chi connectivity index (χ1) is 11.1. The molecule has 0 aliphatic carbocycles. The number of fused-ring (bicyclic) bond motifs is 1. The highest BCUT2D eigenvalue weighted by Crippen LogP contribution is 2.32. The molecule has 1 amide bonds. The summed E-state index contributed by atoms with van der Waals surface area (Å²) in [6, 6.07) is 16.2. The largest absolute Gasteiger partial charge is 0.481 e. The minimum Gasteiger partial charge on any atom is -0.481 e. The molecule has 23 heavy (non-hydrogen) atoms. The normalized spacial score (nSPS) is 17.7. The van der Waals surface area contributed by atoms with E-state index in [4.69, 9.17) is 4.74 Å². The first-order valence-corrected chi connectivity index (χ1v) is 8.27. The van der Waals surface area contributed by atoms with Crippen molar-refractivity contribution < 1.29 is 9.53 Å². The molecule has 1 aliphatic heterocycles. The van der Waals surface area contributed by atoms with E-state index in [0.29, 0.717) is 0 Å². The van der Waals surface area contributed by atoms with Crippen LogP contribution in [0.5, 0.6) is 5.75 Å². The Kier molecular flexibility index (Phi) is 4.37. The molecule has 0 N–H and O–H groups in total. The second kappa shape index (κ2) is 6.45. The van der Waals surface area contributed by atoms with Crippen molar-refractivity contribution in [2.24, 2.45) is 0 Å². The summed E-state index contributed by atoms with van der Waals surface area (Å²) in [7, 11) is 0. The lowest BCUT2D eigenvalue weighted by Crippen LogP contribution is -2.43. The van der Waals surface area contributed by atoms with Crippen LogP contribution in [0.1, 0.15) is 31.9 Å². The lowest BCUT2D eigenvalue weighted by molar-refractivity contribution is -0.124. The number of aryl methyl sites for hydroxylation is 1. The molecule has 2 aromatic rings. The summed E-state index contributed by atoms with van der Waals surface area (Å²) in [5, 5.41) is 0. The predicted octanol–water partition coefficient (Wildman–Crippen LogP) is 3.99. The maximum absolute atomic E-state index is 12.9. The molecule has 0 saturated carbocycles. The van der Waals surface area contributed by atoms with Gasteiger partial charge < -0.3 is 9.64 Å². The lowest BCUT2D eigenvalue weighted by atomic mass is 10.1. The van der Waals surface area contributed by atoms with Gasteiger partial charge in [-0.05, 0) is 49.9 Å². The second-order valence-electron chi connectivity index (χ2n) is 6.11. The van der Waals surface area contributed by atoms with Gasteiger partial charge in [0.2, 0.25) is 0 Å². The third kappa shape index (κ3) is 2.96. The number of hydrogen-bond acceptors (Lipinski definition) is 2. The molecule has 0 unspecified atom stereocenters. The van der Waals surface area contributed by atoms with E-state index in [0.717, 1.165) is 29.8 Å². The van der Waals surface area contributed by atoms with E-state index in [2.05, 4.69) is 19.9 Å². The van der Waals surface area contributed by atoms with Gasteiger partial charge in [-0.3, -0.25) is 4.79 Å². The summed E-state index contributed by atoms with van der Waals surface area (Å²) in [5.74, 6) is 0.823. The fourth-order valence-corrected chi connectivity index (χ4v) is 3.25. The van der Waals surface area contributed by atoms with Gasteiger partial charge in [0, 0.05) is 11.7 Å². The van der Waals surface area contributed by atoms with Crippen LogP contribution in [0.3, 0.4) is 0 Å². The van der Waals surface area contributed by atoms with Crippen molar-refractivity contribution in [1.29, 1.82) is 0 Å². The van der Waals surface area contributed by atoms with Crippen LogP contribution in [0.2, 0.25) is 0 Å². The van der Waals surface area contributed by atoms with E-state index in [1.54, 1.807) is 0 Å². The highest BCUT2D eigenvalue weighted by Gasteiger charge is 2.33. The van der Waals surface area contributed by atoms with Crippen molar-refractivity contribution >= 4 is 11.6 Å². The van der Waals surface area contributed by atoms with Gasteiger partial charge in [0.25, 0.3) is 5.91 Å². The number of rotatable bonds is 4. The van der Waals surface area contributed by atoms with Crippen molar-refractivity contribution in [2.75, 3.05) is 4.90 Å². The molecule has 3 nitrogen and oxygen atoms in total. The molecule has 0 spiro atoms. The summed E-state index contributed by atoms with van der Waals surface area (Å²) in [5.41, 5.74) is 3.38. The number of anilines is 1. The molecule has 1 heterocycles. The molecule has 2 atom stereocenters. The first-order valence-electron chi connectivity index (χ1n) is 8.27. The third-order valence-electron chi connectivity index (χ3n) is 4.45. The standard InChI is InChI=1S/C20H23NO2/c1-4-16-9-6-8-12-19(16)23-15(3)20(22)21-14(2)13-17-10-5-7-11-18(17)21/h5-12,14-15H,4,13H2,1-3H3/t14-,15-/m0/s1. The number of nitrogens with zero attached hydrogens (tertiary/aromatic N) is 1. The van der Waals surface area contributed by atoms with Gasteiger partial charge in [0.15, 0.2) is 6.10 Å². The quantitative estimate of drug-likeness (QED) is 0.854. The smallest absolute Gasteiger partial charge is 0.268 e. The summed E-state index contributed by atoms with van der Waals surface area (Å²) in [6.45, 7) is 6.01. The Bertz CT molecular complexity index is 710. The first kappa shape index (κ1) is 15.6. The van der Waals surface area contributed by atoms with Crippen molar-refractivity contribution in [3.63, 3.8) is 0 Å². The van der Waals surface area contributed by atoms with Crippen LogP contribution in [-0.2, 0) is 17.6 Å². The molecular formula is C20H23NO2. The van der Waals surface area contributed by atoms with Gasteiger partial charge in [0.05, 0.1) is 0 Å².